The van der Waals surface area contributed by atoms with Crippen LogP contribution in [0.1, 0.15) is 226 Å². The fraction of sp³-hybridized carbons (Fsp3) is 0.746. The molecular weight excluding hydrogens is 1030 g/mol. The Bertz CT molecular complexity index is 1730. The Kier molecular flexibility index (Phi) is 46.9. The van der Waals surface area contributed by atoms with Gasteiger partial charge in [-0.3, -0.25) is 4.79 Å². The van der Waals surface area contributed by atoms with Crippen molar-refractivity contribution in [3.05, 3.63) is 97.2 Å². The largest absolute Gasteiger partial charge is 0.394 e. The van der Waals surface area contributed by atoms with Crippen LogP contribution in [-0.4, -0.2) is 140 Å². The van der Waals surface area contributed by atoms with Crippen molar-refractivity contribution in [2.75, 3.05) is 19.8 Å². The zero-order chi connectivity index (χ0) is 58.8. The van der Waals surface area contributed by atoms with Gasteiger partial charge in [0.15, 0.2) is 12.6 Å². The highest BCUT2D eigenvalue weighted by atomic mass is 16.7. The van der Waals surface area contributed by atoms with Crippen LogP contribution >= 0.6 is 0 Å². The number of carbonyl (C=O) groups excluding carboxylic acids is 1. The molecule has 2 heterocycles. The molecular formula is C67H115NO13. The van der Waals surface area contributed by atoms with E-state index in [2.05, 4.69) is 104 Å². The Morgan fingerprint density at radius 3 is 1.36 bits per heavy atom. The first kappa shape index (κ1) is 74.0. The van der Waals surface area contributed by atoms with Crippen molar-refractivity contribution in [1.82, 2.24) is 5.32 Å². The van der Waals surface area contributed by atoms with E-state index in [0.29, 0.717) is 12.8 Å². The Morgan fingerprint density at radius 1 is 0.457 bits per heavy atom. The number of nitrogens with one attached hydrogen (secondary N) is 1. The van der Waals surface area contributed by atoms with Gasteiger partial charge in [-0.2, -0.15) is 0 Å². The van der Waals surface area contributed by atoms with E-state index < -0.39 is 86.8 Å². The Hall–Kier alpha value is -3.09. The number of carbonyl (C=O) groups is 1. The molecule has 466 valence electrons. The molecule has 2 aliphatic rings. The second-order valence-corrected chi connectivity index (χ2v) is 22.1. The highest BCUT2D eigenvalue weighted by Crippen LogP contribution is 2.30. The molecule has 1 amide bonds. The number of amides is 1. The van der Waals surface area contributed by atoms with Crippen molar-refractivity contribution >= 4 is 5.91 Å². The highest BCUT2D eigenvalue weighted by Gasteiger charge is 2.51. The van der Waals surface area contributed by atoms with Crippen LogP contribution in [0, 0.1) is 0 Å². The third-order valence-electron chi connectivity index (χ3n) is 15.0. The smallest absolute Gasteiger partial charge is 0.220 e. The van der Waals surface area contributed by atoms with Crippen molar-refractivity contribution in [3.8, 4) is 0 Å². The maximum atomic E-state index is 13.3. The fourth-order valence-electron chi connectivity index (χ4n) is 9.90. The van der Waals surface area contributed by atoms with Gasteiger partial charge in [-0.1, -0.05) is 233 Å². The van der Waals surface area contributed by atoms with Gasteiger partial charge >= 0.3 is 0 Å². The van der Waals surface area contributed by atoms with E-state index in [4.69, 9.17) is 18.9 Å². The number of hydrogen-bond donors (Lipinski definition) is 9. The van der Waals surface area contributed by atoms with Crippen LogP contribution in [0.15, 0.2) is 97.2 Å². The minimum absolute atomic E-state index is 0.250. The summed E-state index contributed by atoms with van der Waals surface area (Å²) in [5.74, 6) is -0.267. The summed E-state index contributed by atoms with van der Waals surface area (Å²) in [5, 5.41) is 87.2. The molecule has 2 aliphatic heterocycles. The topological polar surface area (TPSA) is 228 Å². The maximum absolute atomic E-state index is 13.3. The summed E-state index contributed by atoms with van der Waals surface area (Å²) in [7, 11) is 0. The molecule has 81 heavy (non-hydrogen) atoms. The van der Waals surface area contributed by atoms with Gasteiger partial charge in [-0.15, -0.1) is 0 Å². The molecule has 2 saturated heterocycles. The van der Waals surface area contributed by atoms with Gasteiger partial charge in [-0.05, 0) is 83.5 Å². The van der Waals surface area contributed by atoms with Crippen molar-refractivity contribution in [1.29, 1.82) is 0 Å². The van der Waals surface area contributed by atoms with Gasteiger partial charge in [0.1, 0.15) is 48.8 Å². The van der Waals surface area contributed by atoms with Crippen LogP contribution < -0.4 is 5.32 Å². The average Bonchev–Trinajstić information content (AvgIpc) is 3.47. The lowest BCUT2D eigenvalue weighted by atomic mass is 9.97. The van der Waals surface area contributed by atoms with Gasteiger partial charge in [0.2, 0.25) is 5.91 Å². The molecule has 14 nitrogen and oxygen atoms in total. The molecule has 2 rings (SSSR count). The Balaban J connectivity index is 1.77. The van der Waals surface area contributed by atoms with Crippen molar-refractivity contribution < 1.29 is 64.6 Å². The third kappa shape index (κ3) is 36.4. The van der Waals surface area contributed by atoms with E-state index in [1.807, 2.05) is 6.08 Å². The van der Waals surface area contributed by atoms with E-state index >= 15 is 0 Å². The van der Waals surface area contributed by atoms with Gasteiger partial charge < -0.3 is 65.1 Å². The summed E-state index contributed by atoms with van der Waals surface area (Å²) < 4.78 is 22.8. The molecule has 2 fully saturated rings. The molecule has 0 aromatic carbocycles. The molecule has 0 aliphatic carbocycles. The monoisotopic (exact) mass is 1140 g/mol. The molecule has 9 N–H and O–H groups in total. The summed E-state index contributed by atoms with van der Waals surface area (Å²) in [6.07, 6.45) is 54.4. The van der Waals surface area contributed by atoms with Crippen LogP contribution in [0.2, 0.25) is 0 Å². The van der Waals surface area contributed by atoms with Gasteiger partial charge in [0.05, 0.1) is 32.0 Å². The van der Waals surface area contributed by atoms with E-state index in [9.17, 15) is 45.6 Å². The summed E-state index contributed by atoms with van der Waals surface area (Å²) >= 11 is 0. The van der Waals surface area contributed by atoms with Crippen molar-refractivity contribution in [2.24, 2.45) is 0 Å². The van der Waals surface area contributed by atoms with Gasteiger partial charge in [0.25, 0.3) is 0 Å². The number of allylic oxidation sites excluding steroid dienone is 15. The van der Waals surface area contributed by atoms with Crippen LogP contribution in [0.4, 0.5) is 0 Å². The summed E-state index contributed by atoms with van der Waals surface area (Å²) in [6, 6.07) is -0.947. The van der Waals surface area contributed by atoms with Gasteiger partial charge in [-0.25, -0.2) is 0 Å². The number of aliphatic hydroxyl groups is 8. The average molecular weight is 1140 g/mol. The van der Waals surface area contributed by atoms with Crippen molar-refractivity contribution in [3.63, 3.8) is 0 Å². The number of ether oxygens (including phenoxy) is 4. The predicted molar refractivity (Wildman–Crippen MR) is 327 cm³/mol. The number of aliphatic hydroxyl groups excluding tert-OH is 8. The highest BCUT2D eigenvalue weighted by molar-refractivity contribution is 5.76. The molecule has 0 aromatic heterocycles. The van der Waals surface area contributed by atoms with Crippen LogP contribution in [-0.2, 0) is 23.7 Å². The van der Waals surface area contributed by atoms with Gasteiger partial charge in [0, 0.05) is 6.42 Å². The number of unbranched alkanes of at least 4 members (excludes halogenated alkanes) is 23. The van der Waals surface area contributed by atoms with E-state index in [1.165, 1.54) is 103 Å². The van der Waals surface area contributed by atoms with Crippen LogP contribution in [0.5, 0.6) is 0 Å². The van der Waals surface area contributed by atoms with Crippen molar-refractivity contribution in [2.45, 2.75) is 299 Å². The van der Waals surface area contributed by atoms with Crippen LogP contribution in [0.25, 0.3) is 0 Å². The molecule has 14 heteroatoms. The SMILES string of the molecule is CC/C=C\C/C=C\C/C=C\C/C=C\C/C=C\C/C=C\CCCCCCCCC(=O)NC(COC1OC(CO)C(OC2OC(CO)C(O)C(O)C2O)C(O)C1O)C(O)/C=C/CC/C=C/CCCCCCCCCCCCCCCCCC. The lowest BCUT2D eigenvalue weighted by molar-refractivity contribution is -0.359. The van der Waals surface area contributed by atoms with Crippen LogP contribution in [0.3, 0.4) is 0 Å². The zero-order valence-corrected chi connectivity index (χ0v) is 50.2. The van der Waals surface area contributed by atoms with E-state index in [0.717, 1.165) is 89.9 Å². The first-order chi connectivity index (χ1) is 39.6. The summed E-state index contributed by atoms with van der Waals surface area (Å²) in [5.41, 5.74) is 0. The fourth-order valence-corrected chi connectivity index (χ4v) is 9.90. The standard InChI is InChI=1S/C67H115NO13/c1-3-5-7-9-11-13-15-17-19-21-23-25-27-28-29-31-33-35-37-39-41-43-45-47-49-51-59(72)68-55(54-78-66-64(77)62(75)65(58(53-70)80-66)81-67-63(76)61(74)60(73)57(52-69)79-67)56(71)50-48-46-44-42-40-38-36-34-32-30-26-24-22-20-18-16-14-12-10-8-6-4-2/h5,7,11,13,17,19,23,25,28-29,33,35,40,42,48,50,55-58,60-67,69-71,73-77H,3-4,6,8-10,12,14-16,18,20-22,24,26-27,30-32,34,36-39,41,43-47,49,51-54H2,1-2H3,(H,68,72)/b7-5-,13-11-,19-17-,25-23-,29-28-,35-33-,42-40+,50-48+. The number of hydrogen-bond acceptors (Lipinski definition) is 13. The first-order valence-electron chi connectivity index (χ1n) is 32.0. The second kappa shape index (κ2) is 51.3. The molecule has 0 radical (unpaired) electrons. The molecule has 0 bridgehead atoms. The molecule has 0 saturated carbocycles. The Morgan fingerprint density at radius 2 is 0.864 bits per heavy atom. The summed E-state index contributed by atoms with van der Waals surface area (Å²) in [6.45, 7) is 2.66. The van der Waals surface area contributed by atoms with E-state index in [1.54, 1.807) is 6.08 Å². The summed E-state index contributed by atoms with van der Waals surface area (Å²) in [4.78, 5) is 13.3. The minimum atomic E-state index is -1.80. The zero-order valence-electron chi connectivity index (χ0n) is 50.2. The minimum Gasteiger partial charge on any atom is -0.394 e. The first-order valence-corrected chi connectivity index (χ1v) is 32.0. The second-order valence-electron chi connectivity index (χ2n) is 22.1. The predicted octanol–water partition coefficient (Wildman–Crippen LogP) is 11.8. The molecule has 0 spiro atoms. The lowest BCUT2D eigenvalue weighted by Gasteiger charge is -2.46. The normalized spacial score (nSPS) is 24.8. The lowest BCUT2D eigenvalue weighted by Crippen LogP contribution is -2.65. The molecule has 12 atom stereocenters. The molecule has 0 aromatic rings. The third-order valence-corrected chi connectivity index (χ3v) is 15.0. The quantitative estimate of drug-likeness (QED) is 0.0204. The Labute approximate surface area is 490 Å². The molecule has 12 unspecified atom stereocenters. The number of rotatable bonds is 50. The maximum Gasteiger partial charge on any atom is 0.220 e. The van der Waals surface area contributed by atoms with E-state index in [-0.39, 0.29) is 18.9 Å².